The Balaban J connectivity index is 1.77. The second kappa shape index (κ2) is 7.57. The van der Waals surface area contributed by atoms with E-state index in [0.29, 0.717) is 10.5 Å². The molecule has 0 aliphatic carbocycles. The average Bonchev–Trinajstić information content (AvgIpc) is 2.99. The zero-order valence-corrected chi connectivity index (χ0v) is 15.1. The Labute approximate surface area is 149 Å². The Morgan fingerprint density at radius 2 is 2.08 bits per heavy atom. The van der Waals surface area contributed by atoms with Crippen molar-refractivity contribution in [2.45, 2.75) is 39.7 Å². The van der Waals surface area contributed by atoms with Crippen molar-refractivity contribution in [1.82, 2.24) is 14.8 Å². The molecule has 25 heavy (non-hydrogen) atoms. The van der Waals surface area contributed by atoms with Crippen molar-refractivity contribution in [3.8, 4) is 0 Å². The van der Waals surface area contributed by atoms with Crippen molar-refractivity contribution in [3.05, 3.63) is 51.4 Å². The van der Waals surface area contributed by atoms with Crippen LogP contribution in [0.2, 0.25) is 0 Å². The summed E-state index contributed by atoms with van der Waals surface area (Å²) in [5, 5.41) is 8.77. The Hall–Kier alpha value is -2.54. The molecule has 0 aliphatic heterocycles. The lowest BCUT2D eigenvalue weighted by Crippen LogP contribution is -2.29. The second-order valence-electron chi connectivity index (χ2n) is 5.74. The summed E-state index contributed by atoms with van der Waals surface area (Å²) < 4.78 is 1.18. The first-order chi connectivity index (χ1) is 12.1. The molecule has 3 aromatic rings. The van der Waals surface area contributed by atoms with Crippen LogP contribution >= 0.6 is 11.3 Å². The van der Waals surface area contributed by atoms with E-state index in [0.717, 1.165) is 30.3 Å². The maximum absolute atomic E-state index is 12.4. The summed E-state index contributed by atoms with van der Waals surface area (Å²) in [5.74, 6) is -0.302. The molecule has 1 N–H and O–H groups in total. The molecule has 0 unspecified atom stereocenters. The molecule has 0 radical (unpaired) electrons. The number of rotatable bonds is 6. The van der Waals surface area contributed by atoms with Crippen LogP contribution in [0, 0.1) is 0 Å². The highest BCUT2D eigenvalue weighted by molar-refractivity contribution is 7.15. The van der Waals surface area contributed by atoms with Gasteiger partial charge in [-0.05, 0) is 18.9 Å². The van der Waals surface area contributed by atoms with Crippen LogP contribution < -0.4 is 10.9 Å². The van der Waals surface area contributed by atoms with Gasteiger partial charge in [0.1, 0.15) is 6.54 Å². The summed E-state index contributed by atoms with van der Waals surface area (Å²) in [6, 6.07) is 7.21. The monoisotopic (exact) mass is 356 g/mol. The second-order valence-corrected chi connectivity index (χ2v) is 6.82. The molecule has 0 bridgehead atoms. The van der Waals surface area contributed by atoms with Crippen molar-refractivity contribution in [2.75, 3.05) is 5.32 Å². The highest BCUT2D eigenvalue weighted by atomic mass is 32.1. The third kappa shape index (κ3) is 3.76. The van der Waals surface area contributed by atoms with Crippen molar-refractivity contribution >= 4 is 33.1 Å². The molecular formula is C18H20N4O2S. The number of anilines is 1. The lowest BCUT2D eigenvalue weighted by molar-refractivity contribution is -0.117. The van der Waals surface area contributed by atoms with Gasteiger partial charge in [-0.3, -0.25) is 9.59 Å². The molecule has 0 spiro atoms. The largest absolute Gasteiger partial charge is 0.300 e. The van der Waals surface area contributed by atoms with Crippen molar-refractivity contribution < 1.29 is 4.79 Å². The molecular weight excluding hydrogens is 336 g/mol. The van der Waals surface area contributed by atoms with Gasteiger partial charge in [-0.2, -0.15) is 5.10 Å². The SMILES string of the molecule is CCCc1nc(NC(=O)Cn2ncc3ccccc3c2=O)sc1CC. The minimum Gasteiger partial charge on any atom is -0.300 e. The number of carbonyl (C=O) groups is 1. The van der Waals surface area contributed by atoms with Gasteiger partial charge in [0.25, 0.3) is 5.56 Å². The maximum Gasteiger partial charge on any atom is 0.275 e. The topological polar surface area (TPSA) is 76.9 Å². The molecule has 0 saturated carbocycles. The summed E-state index contributed by atoms with van der Waals surface area (Å²) >= 11 is 1.49. The molecule has 0 saturated heterocycles. The van der Waals surface area contributed by atoms with Gasteiger partial charge in [-0.1, -0.05) is 38.5 Å². The maximum atomic E-state index is 12.4. The fraction of sp³-hybridized carbons (Fsp3) is 0.333. The third-order valence-electron chi connectivity index (χ3n) is 3.89. The zero-order valence-electron chi connectivity index (χ0n) is 14.3. The highest BCUT2D eigenvalue weighted by Gasteiger charge is 2.13. The molecule has 0 atom stereocenters. The van der Waals surface area contributed by atoms with Gasteiger partial charge in [-0.15, -0.1) is 11.3 Å². The number of aryl methyl sites for hydroxylation is 2. The number of nitrogens with one attached hydrogen (secondary N) is 1. The summed E-state index contributed by atoms with van der Waals surface area (Å²) in [7, 11) is 0. The van der Waals surface area contributed by atoms with Gasteiger partial charge < -0.3 is 5.32 Å². The van der Waals surface area contributed by atoms with Crippen molar-refractivity contribution in [2.24, 2.45) is 0 Å². The molecule has 1 amide bonds. The van der Waals surface area contributed by atoms with Crippen LogP contribution in [0.4, 0.5) is 5.13 Å². The first-order valence-electron chi connectivity index (χ1n) is 8.35. The van der Waals surface area contributed by atoms with E-state index in [1.54, 1.807) is 18.3 Å². The van der Waals surface area contributed by atoms with Crippen LogP contribution in [0.15, 0.2) is 35.3 Å². The number of hydrogen-bond acceptors (Lipinski definition) is 5. The summed E-state index contributed by atoms with van der Waals surface area (Å²) in [6.07, 6.45) is 4.41. The van der Waals surface area contributed by atoms with E-state index in [4.69, 9.17) is 0 Å². The minimum absolute atomic E-state index is 0.131. The normalized spacial score (nSPS) is 11.0. The van der Waals surface area contributed by atoms with Gasteiger partial charge in [0.05, 0.1) is 17.3 Å². The third-order valence-corrected chi connectivity index (χ3v) is 5.05. The number of amides is 1. The Morgan fingerprint density at radius 3 is 2.84 bits per heavy atom. The van der Waals surface area contributed by atoms with Crippen LogP contribution in [-0.4, -0.2) is 20.7 Å². The van der Waals surface area contributed by atoms with Gasteiger partial charge in [0.2, 0.25) is 5.91 Å². The molecule has 7 heteroatoms. The van der Waals surface area contributed by atoms with Gasteiger partial charge >= 0.3 is 0 Å². The lowest BCUT2D eigenvalue weighted by atomic mass is 10.2. The summed E-state index contributed by atoms with van der Waals surface area (Å²) in [6.45, 7) is 4.06. The van der Waals surface area contributed by atoms with Gasteiger partial charge in [0.15, 0.2) is 5.13 Å². The molecule has 2 aromatic heterocycles. The highest BCUT2D eigenvalue weighted by Crippen LogP contribution is 2.24. The van der Waals surface area contributed by atoms with Crippen molar-refractivity contribution in [3.63, 3.8) is 0 Å². The molecule has 130 valence electrons. The predicted octanol–water partition coefficient (Wildman–Crippen LogP) is 3.01. The number of carbonyl (C=O) groups excluding carboxylic acids is 1. The van der Waals surface area contributed by atoms with E-state index < -0.39 is 0 Å². The summed E-state index contributed by atoms with van der Waals surface area (Å²) in [4.78, 5) is 30.4. The zero-order chi connectivity index (χ0) is 17.8. The first-order valence-corrected chi connectivity index (χ1v) is 9.17. The van der Waals surface area contributed by atoms with Gasteiger partial charge in [-0.25, -0.2) is 9.67 Å². The number of aromatic nitrogens is 3. The van der Waals surface area contributed by atoms with E-state index >= 15 is 0 Å². The van der Waals surface area contributed by atoms with E-state index in [2.05, 4.69) is 29.2 Å². The Morgan fingerprint density at radius 1 is 1.28 bits per heavy atom. The van der Waals surface area contributed by atoms with Crippen LogP contribution in [0.3, 0.4) is 0 Å². The fourth-order valence-electron chi connectivity index (χ4n) is 2.68. The quantitative estimate of drug-likeness (QED) is 0.736. The smallest absolute Gasteiger partial charge is 0.275 e. The number of nitrogens with zero attached hydrogens (tertiary/aromatic N) is 3. The van der Waals surface area contributed by atoms with E-state index in [9.17, 15) is 9.59 Å². The minimum atomic E-state index is -0.302. The van der Waals surface area contributed by atoms with Crippen molar-refractivity contribution in [1.29, 1.82) is 0 Å². The Bertz CT molecular complexity index is 961. The fourth-order valence-corrected chi connectivity index (χ4v) is 3.64. The molecule has 2 heterocycles. The molecule has 0 fully saturated rings. The number of thiazole rings is 1. The lowest BCUT2D eigenvalue weighted by Gasteiger charge is -2.05. The Kier molecular flexibility index (Phi) is 5.23. The molecule has 0 aliphatic rings. The first kappa shape index (κ1) is 17.3. The number of hydrogen-bond donors (Lipinski definition) is 1. The van der Waals surface area contributed by atoms with E-state index in [1.165, 1.54) is 20.9 Å². The van der Waals surface area contributed by atoms with Crippen LogP contribution in [0.25, 0.3) is 10.8 Å². The van der Waals surface area contributed by atoms with Crippen LogP contribution in [0.1, 0.15) is 30.8 Å². The molecule has 1 aromatic carbocycles. The molecule has 3 rings (SSSR count). The van der Waals surface area contributed by atoms with Crippen LogP contribution in [-0.2, 0) is 24.2 Å². The van der Waals surface area contributed by atoms with E-state index in [-0.39, 0.29) is 18.0 Å². The molecule has 6 nitrogen and oxygen atoms in total. The average molecular weight is 356 g/mol. The van der Waals surface area contributed by atoms with Gasteiger partial charge in [0, 0.05) is 10.3 Å². The standard InChI is InChI=1S/C18H20N4O2S/c1-3-7-14-15(4-2)25-18(20-14)21-16(23)11-22-17(24)13-9-6-5-8-12(13)10-19-22/h5-6,8-10H,3-4,7,11H2,1-2H3,(H,20,21,23). The van der Waals surface area contributed by atoms with E-state index in [1.807, 2.05) is 12.1 Å². The number of fused-ring (bicyclic) bond motifs is 1. The predicted molar refractivity (Wildman–Crippen MR) is 100 cm³/mol. The number of benzene rings is 1. The summed E-state index contributed by atoms with van der Waals surface area (Å²) in [5.41, 5.74) is 0.777. The van der Waals surface area contributed by atoms with Crippen LogP contribution in [0.5, 0.6) is 0 Å².